The summed E-state index contributed by atoms with van der Waals surface area (Å²) in [5.74, 6) is 2.76. The Bertz CT molecular complexity index is 859. The fourth-order valence-electron chi connectivity index (χ4n) is 3.51. The van der Waals surface area contributed by atoms with Crippen LogP contribution in [0.2, 0.25) is 0 Å². The second kappa shape index (κ2) is 6.11. The van der Waals surface area contributed by atoms with E-state index >= 15 is 0 Å². The molecule has 1 aromatic carbocycles. The highest BCUT2D eigenvalue weighted by atomic mass is 16.5. The van der Waals surface area contributed by atoms with Crippen molar-refractivity contribution >= 4 is 11.5 Å². The summed E-state index contributed by atoms with van der Waals surface area (Å²) in [6, 6.07) is 12.7. The van der Waals surface area contributed by atoms with Gasteiger partial charge in [0.05, 0.1) is 7.11 Å². The molecule has 0 spiro atoms. The van der Waals surface area contributed by atoms with Gasteiger partial charge in [0, 0.05) is 12.6 Å². The second-order valence-corrected chi connectivity index (χ2v) is 6.21. The minimum Gasteiger partial charge on any atom is -0.496 e. The van der Waals surface area contributed by atoms with Crippen molar-refractivity contribution in [2.75, 3.05) is 18.6 Å². The molecule has 6 nitrogen and oxygen atoms in total. The predicted octanol–water partition coefficient (Wildman–Crippen LogP) is 2.65. The molecule has 0 N–H and O–H groups in total. The van der Waals surface area contributed by atoms with Crippen molar-refractivity contribution in [1.82, 2.24) is 19.8 Å². The lowest BCUT2D eigenvalue weighted by Gasteiger charge is -2.26. The van der Waals surface area contributed by atoms with Gasteiger partial charge in [0.2, 0.25) is 0 Å². The Balaban J connectivity index is 1.63. The zero-order valence-corrected chi connectivity index (χ0v) is 14.0. The second-order valence-electron chi connectivity index (χ2n) is 6.21. The number of nitrogens with zero attached hydrogens (tertiary/aromatic N) is 5. The number of aryl methyl sites for hydroxylation is 1. The first-order valence-electron chi connectivity index (χ1n) is 8.34. The van der Waals surface area contributed by atoms with Gasteiger partial charge >= 0.3 is 0 Å². The highest BCUT2D eigenvalue weighted by Crippen LogP contribution is 2.29. The molecule has 0 unspecified atom stereocenters. The van der Waals surface area contributed by atoms with Crippen LogP contribution in [-0.2, 0) is 6.42 Å². The van der Waals surface area contributed by atoms with Crippen molar-refractivity contribution < 1.29 is 4.74 Å². The number of rotatable bonds is 4. The molecule has 24 heavy (non-hydrogen) atoms. The maximum Gasteiger partial charge on any atom is 0.178 e. The largest absolute Gasteiger partial charge is 0.496 e. The first kappa shape index (κ1) is 14.9. The number of hydrogen-bond donors (Lipinski definition) is 0. The topological polar surface area (TPSA) is 55.5 Å². The quantitative estimate of drug-likeness (QED) is 0.739. The number of fused-ring (bicyclic) bond motifs is 1. The average Bonchev–Trinajstić information content (AvgIpc) is 3.22. The number of para-hydroxylation sites is 1. The molecule has 1 atom stereocenters. The molecule has 3 aromatic rings. The van der Waals surface area contributed by atoms with Crippen molar-refractivity contribution in [2.45, 2.75) is 32.2 Å². The van der Waals surface area contributed by atoms with Crippen LogP contribution in [0.3, 0.4) is 0 Å². The minimum atomic E-state index is 0.433. The van der Waals surface area contributed by atoms with Crippen molar-refractivity contribution in [3.05, 3.63) is 47.8 Å². The summed E-state index contributed by atoms with van der Waals surface area (Å²) in [6.45, 7) is 2.95. The summed E-state index contributed by atoms with van der Waals surface area (Å²) >= 11 is 0. The van der Waals surface area contributed by atoms with Crippen LogP contribution in [0.15, 0.2) is 36.4 Å². The molecule has 1 aliphatic rings. The third-order valence-electron chi connectivity index (χ3n) is 4.72. The summed E-state index contributed by atoms with van der Waals surface area (Å²) in [6.07, 6.45) is 3.31. The third kappa shape index (κ3) is 2.58. The molecule has 1 fully saturated rings. The van der Waals surface area contributed by atoms with E-state index in [4.69, 9.17) is 9.84 Å². The molecule has 0 radical (unpaired) electrons. The standard InChI is InChI=1S/C18H21N5O/c1-13-19-20-17-9-10-18(21-23(13)17)22-11-5-7-15(22)12-14-6-3-4-8-16(14)24-2/h3-4,6,8-10,15H,5,7,11-12H2,1-2H3/t15-/m1/s1. The number of aromatic nitrogens is 4. The Morgan fingerprint density at radius 2 is 2.04 bits per heavy atom. The average molecular weight is 323 g/mol. The lowest BCUT2D eigenvalue weighted by Crippen LogP contribution is -2.32. The molecule has 0 saturated carbocycles. The van der Waals surface area contributed by atoms with Crippen LogP contribution >= 0.6 is 0 Å². The number of anilines is 1. The van der Waals surface area contributed by atoms with E-state index in [1.807, 2.05) is 35.7 Å². The maximum atomic E-state index is 5.50. The summed E-state index contributed by atoms with van der Waals surface area (Å²) in [7, 11) is 1.73. The predicted molar refractivity (Wildman–Crippen MR) is 92.6 cm³/mol. The van der Waals surface area contributed by atoms with Crippen molar-refractivity contribution in [2.24, 2.45) is 0 Å². The zero-order chi connectivity index (χ0) is 16.5. The summed E-state index contributed by atoms with van der Waals surface area (Å²) in [4.78, 5) is 2.39. The molecular weight excluding hydrogens is 302 g/mol. The highest BCUT2D eigenvalue weighted by molar-refractivity contribution is 5.48. The number of hydrogen-bond acceptors (Lipinski definition) is 5. The Hall–Kier alpha value is -2.63. The van der Waals surface area contributed by atoms with Crippen LogP contribution in [-0.4, -0.2) is 39.5 Å². The van der Waals surface area contributed by atoms with E-state index in [2.05, 4.69) is 27.2 Å². The van der Waals surface area contributed by atoms with Gasteiger partial charge in [-0.15, -0.1) is 15.3 Å². The Morgan fingerprint density at radius 1 is 1.17 bits per heavy atom. The number of ether oxygens (including phenoxy) is 1. The molecule has 3 heterocycles. The van der Waals surface area contributed by atoms with Gasteiger partial charge in [-0.1, -0.05) is 18.2 Å². The summed E-state index contributed by atoms with van der Waals surface area (Å²) in [5.41, 5.74) is 2.04. The summed E-state index contributed by atoms with van der Waals surface area (Å²) in [5, 5.41) is 12.9. The molecule has 4 rings (SSSR count). The molecule has 0 amide bonds. The van der Waals surface area contributed by atoms with E-state index in [-0.39, 0.29) is 0 Å². The Labute approximate surface area is 141 Å². The van der Waals surface area contributed by atoms with E-state index in [9.17, 15) is 0 Å². The first-order valence-corrected chi connectivity index (χ1v) is 8.34. The lowest BCUT2D eigenvalue weighted by atomic mass is 10.0. The Kier molecular flexibility index (Phi) is 3.80. The monoisotopic (exact) mass is 323 g/mol. The van der Waals surface area contributed by atoms with E-state index in [1.54, 1.807) is 7.11 Å². The molecule has 1 aliphatic heterocycles. The fraction of sp³-hybridized carbons (Fsp3) is 0.389. The van der Waals surface area contributed by atoms with Gasteiger partial charge in [0.25, 0.3) is 0 Å². The van der Waals surface area contributed by atoms with Gasteiger partial charge in [-0.25, -0.2) is 0 Å². The summed E-state index contributed by atoms with van der Waals surface area (Å²) < 4.78 is 7.32. The number of benzene rings is 1. The SMILES string of the molecule is COc1ccccc1C[C@H]1CCCN1c1ccc2nnc(C)n2n1. The van der Waals surface area contributed by atoms with Gasteiger partial charge in [-0.2, -0.15) is 4.52 Å². The van der Waals surface area contributed by atoms with E-state index in [0.29, 0.717) is 6.04 Å². The van der Waals surface area contributed by atoms with Gasteiger partial charge in [-0.05, 0) is 49.9 Å². The molecule has 1 saturated heterocycles. The lowest BCUT2D eigenvalue weighted by molar-refractivity contribution is 0.408. The molecular formula is C18H21N5O. The van der Waals surface area contributed by atoms with E-state index in [1.165, 1.54) is 18.4 Å². The molecule has 2 aromatic heterocycles. The number of methoxy groups -OCH3 is 1. The van der Waals surface area contributed by atoms with Gasteiger partial charge in [0.15, 0.2) is 11.5 Å². The van der Waals surface area contributed by atoms with Crippen molar-refractivity contribution in [1.29, 1.82) is 0 Å². The minimum absolute atomic E-state index is 0.433. The van der Waals surface area contributed by atoms with Gasteiger partial charge in [-0.3, -0.25) is 0 Å². The molecule has 0 aliphatic carbocycles. The van der Waals surface area contributed by atoms with Crippen molar-refractivity contribution in [3.8, 4) is 5.75 Å². The molecule has 0 bridgehead atoms. The van der Waals surface area contributed by atoms with Crippen LogP contribution < -0.4 is 9.64 Å². The zero-order valence-electron chi connectivity index (χ0n) is 14.0. The molecule has 124 valence electrons. The van der Waals surface area contributed by atoms with Crippen LogP contribution in [0.5, 0.6) is 5.75 Å². The smallest absolute Gasteiger partial charge is 0.178 e. The van der Waals surface area contributed by atoms with E-state index < -0.39 is 0 Å². The fourth-order valence-corrected chi connectivity index (χ4v) is 3.51. The molecule has 6 heteroatoms. The Morgan fingerprint density at radius 3 is 2.92 bits per heavy atom. The normalized spacial score (nSPS) is 17.6. The van der Waals surface area contributed by atoms with Crippen LogP contribution in [0, 0.1) is 6.92 Å². The van der Waals surface area contributed by atoms with Gasteiger partial charge in [0.1, 0.15) is 11.6 Å². The van der Waals surface area contributed by atoms with Crippen molar-refractivity contribution in [3.63, 3.8) is 0 Å². The van der Waals surface area contributed by atoms with Gasteiger partial charge < -0.3 is 9.64 Å². The third-order valence-corrected chi connectivity index (χ3v) is 4.72. The first-order chi connectivity index (χ1) is 11.8. The van der Waals surface area contributed by atoms with Crippen LogP contribution in [0.25, 0.3) is 5.65 Å². The van der Waals surface area contributed by atoms with E-state index in [0.717, 1.165) is 36.0 Å². The van der Waals surface area contributed by atoms with Crippen LogP contribution in [0.1, 0.15) is 24.2 Å². The maximum absolute atomic E-state index is 5.50. The highest BCUT2D eigenvalue weighted by Gasteiger charge is 2.27. The van der Waals surface area contributed by atoms with Crippen LogP contribution in [0.4, 0.5) is 5.82 Å².